The Hall–Kier alpha value is -2.05. The minimum atomic E-state index is -0.506. The molecule has 1 aliphatic heterocycles. The Balaban J connectivity index is 1.82. The van der Waals surface area contributed by atoms with E-state index in [1.54, 1.807) is 13.1 Å². The van der Waals surface area contributed by atoms with Crippen LogP contribution in [0.3, 0.4) is 0 Å². The fraction of sp³-hybridized carbons (Fsp3) is 0.615. The fourth-order valence-corrected chi connectivity index (χ4v) is 2.35. The second-order valence-electron chi connectivity index (χ2n) is 5.15. The smallest absolute Gasteiger partial charge is 0.244 e. The highest BCUT2D eigenvalue weighted by Crippen LogP contribution is 2.09. The number of likely N-dealkylation sites (tertiary alicyclic amines) is 1. The zero-order valence-electron chi connectivity index (χ0n) is 11.7. The Kier molecular flexibility index (Phi) is 4.60. The van der Waals surface area contributed by atoms with Crippen molar-refractivity contribution in [3.63, 3.8) is 0 Å². The van der Waals surface area contributed by atoms with Gasteiger partial charge in [-0.2, -0.15) is 5.10 Å². The Bertz CT molecular complexity index is 479. The second-order valence-corrected chi connectivity index (χ2v) is 5.15. The molecule has 20 heavy (non-hydrogen) atoms. The molecule has 1 aliphatic rings. The highest BCUT2D eigenvalue weighted by atomic mass is 16.2. The monoisotopic (exact) mass is 279 g/mol. The van der Waals surface area contributed by atoms with Crippen LogP contribution in [0.2, 0.25) is 0 Å². The highest BCUT2D eigenvalue weighted by molar-refractivity contribution is 5.87. The van der Waals surface area contributed by atoms with E-state index in [0.717, 1.165) is 25.9 Å². The number of piperidine rings is 1. The van der Waals surface area contributed by atoms with Gasteiger partial charge in [0.1, 0.15) is 12.6 Å². The van der Waals surface area contributed by atoms with E-state index in [0.29, 0.717) is 5.69 Å². The van der Waals surface area contributed by atoms with Gasteiger partial charge in [-0.15, -0.1) is 0 Å². The summed E-state index contributed by atoms with van der Waals surface area (Å²) in [5.41, 5.74) is 6.03. The van der Waals surface area contributed by atoms with Crippen LogP contribution in [0.25, 0.3) is 0 Å². The number of hydrogen-bond acceptors (Lipinski definition) is 4. The van der Waals surface area contributed by atoms with Gasteiger partial charge in [-0.1, -0.05) is 0 Å². The molecule has 2 heterocycles. The van der Waals surface area contributed by atoms with Crippen molar-refractivity contribution in [2.45, 2.75) is 38.8 Å². The van der Waals surface area contributed by atoms with Gasteiger partial charge in [0.15, 0.2) is 0 Å². The predicted molar refractivity (Wildman–Crippen MR) is 74.7 cm³/mol. The standard InChI is InChI=1S/C13H21N5O2/c1-10(13(20)17-5-3-2-4-6-17)16-12(19)9-18-8-11(14)7-15-18/h7-8,10H,2-6,9,14H2,1H3,(H,16,19). The van der Waals surface area contributed by atoms with Crippen molar-refractivity contribution in [2.24, 2.45) is 0 Å². The normalized spacial score (nSPS) is 16.8. The summed E-state index contributed by atoms with van der Waals surface area (Å²) in [5, 5.41) is 6.64. The Morgan fingerprint density at radius 2 is 2.10 bits per heavy atom. The molecule has 1 aromatic rings. The van der Waals surface area contributed by atoms with Crippen LogP contribution >= 0.6 is 0 Å². The summed E-state index contributed by atoms with van der Waals surface area (Å²) in [7, 11) is 0. The summed E-state index contributed by atoms with van der Waals surface area (Å²) >= 11 is 0. The zero-order valence-corrected chi connectivity index (χ0v) is 11.7. The number of rotatable bonds is 4. The van der Waals surface area contributed by atoms with E-state index in [1.807, 2.05) is 4.90 Å². The summed E-state index contributed by atoms with van der Waals surface area (Å²) in [4.78, 5) is 25.8. The first-order valence-electron chi connectivity index (χ1n) is 6.92. The third-order valence-corrected chi connectivity index (χ3v) is 3.37. The molecule has 1 saturated heterocycles. The van der Waals surface area contributed by atoms with E-state index >= 15 is 0 Å². The second kappa shape index (κ2) is 6.40. The van der Waals surface area contributed by atoms with Crippen molar-refractivity contribution in [1.82, 2.24) is 20.0 Å². The van der Waals surface area contributed by atoms with Gasteiger partial charge in [0.25, 0.3) is 0 Å². The lowest BCUT2D eigenvalue weighted by atomic mass is 10.1. The fourth-order valence-electron chi connectivity index (χ4n) is 2.35. The van der Waals surface area contributed by atoms with E-state index in [4.69, 9.17) is 5.73 Å². The first-order chi connectivity index (χ1) is 9.56. The van der Waals surface area contributed by atoms with E-state index in [-0.39, 0.29) is 18.4 Å². The number of nitrogen functional groups attached to an aromatic ring is 1. The molecule has 3 N–H and O–H groups in total. The summed E-state index contributed by atoms with van der Waals surface area (Å²) in [5.74, 6) is -0.260. The van der Waals surface area contributed by atoms with Crippen LogP contribution in [0.5, 0.6) is 0 Å². The van der Waals surface area contributed by atoms with Crippen LogP contribution in [0.15, 0.2) is 12.4 Å². The minimum Gasteiger partial charge on any atom is -0.396 e. The molecule has 0 aromatic carbocycles. The van der Waals surface area contributed by atoms with Crippen LogP contribution < -0.4 is 11.1 Å². The molecule has 0 aliphatic carbocycles. The summed E-state index contributed by atoms with van der Waals surface area (Å²) in [6.07, 6.45) is 6.31. The van der Waals surface area contributed by atoms with Crippen LogP contribution in [-0.4, -0.2) is 45.6 Å². The van der Waals surface area contributed by atoms with Crippen molar-refractivity contribution in [3.8, 4) is 0 Å². The summed E-state index contributed by atoms with van der Waals surface area (Å²) in [6, 6.07) is -0.506. The molecule has 1 atom stereocenters. The van der Waals surface area contributed by atoms with Crippen molar-refractivity contribution in [1.29, 1.82) is 0 Å². The van der Waals surface area contributed by atoms with E-state index < -0.39 is 6.04 Å². The third kappa shape index (κ3) is 3.72. The van der Waals surface area contributed by atoms with E-state index in [9.17, 15) is 9.59 Å². The average molecular weight is 279 g/mol. The van der Waals surface area contributed by atoms with Gasteiger partial charge in [-0.05, 0) is 26.2 Å². The van der Waals surface area contributed by atoms with E-state index in [1.165, 1.54) is 17.3 Å². The van der Waals surface area contributed by atoms with Gasteiger partial charge in [0.05, 0.1) is 11.9 Å². The molecule has 0 saturated carbocycles. The molecule has 1 aromatic heterocycles. The number of carbonyl (C=O) groups is 2. The molecule has 2 rings (SSSR count). The van der Waals surface area contributed by atoms with Crippen LogP contribution in [0.1, 0.15) is 26.2 Å². The summed E-state index contributed by atoms with van der Waals surface area (Å²) < 4.78 is 1.45. The molecule has 110 valence electrons. The van der Waals surface area contributed by atoms with Crippen molar-refractivity contribution in [3.05, 3.63) is 12.4 Å². The molecular weight excluding hydrogens is 258 g/mol. The molecule has 1 unspecified atom stereocenters. The predicted octanol–water partition coefficient (Wildman–Crippen LogP) is -0.0175. The van der Waals surface area contributed by atoms with Gasteiger partial charge in [-0.3, -0.25) is 14.3 Å². The number of aromatic nitrogens is 2. The molecule has 0 radical (unpaired) electrons. The quantitative estimate of drug-likeness (QED) is 0.810. The van der Waals surface area contributed by atoms with Gasteiger partial charge in [0, 0.05) is 19.3 Å². The Labute approximate surface area is 118 Å². The number of anilines is 1. The Morgan fingerprint density at radius 3 is 2.70 bits per heavy atom. The van der Waals surface area contributed by atoms with Gasteiger partial charge in [0.2, 0.25) is 11.8 Å². The van der Waals surface area contributed by atoms with Crippen LogP contribution in [0, 0.1) is 0 Å². The third-order valence-electron chi connectivity index (χ3n) is 3.37. The summed E-state index contributed by atoms with van der Waals surface area (Å²) in [6.45, 7) is 3.35. The molecule has 2 amide bonds. The maximum atomic E-state index is 12.2. The van der Waals surface area contributed by atoms with Gasteiger partial charge < -0.3 is 16.0 Å². The van der Waals surface area contributed by atoms with Crippen molar-refractivity contribution >= 4 is 17.5 Å². The molecule has 7 nitrogen and oxygen atoms in total. The number of amides is 2. The topological polar surface area (TPSA) is 93.2 Å². The maximum Gasteiger partial charge on any atom is 0.244 e. The lowest BCUT2D eigenvalue weighted by Gasteiger charge is -2.29. The van der Waals surface area contributed by atoms with Crippen molar-refractivity contribution < 1.29 is 9.59 Å². The van der Waals surface area contributed by atoms with Gasteiger partial charge >= 0.3 is 0 Å². The molecule has 1 fully saturated rings. The first kappa shape index (κ1) is 14.4. The highest BCUT2D eigenvalue weighted by Gasteiger charge is 2.23. The number of nitrogens with zero attached hydrogens (tertiary/aromatic N) is 3. The van der Waals surface area contributed by atoms with E-state index in [2.05, 4.69) is 10.4 Å². The molecule has 0 spiro atoms. The van der Waals surface area contributed by atoms with Crippen molar-refractivity contribution in [2.75, 3.05) is 18.8 Å². The largest absolute Gasteiger partial charge is 0.396 e. The lowest BCUT2D eigenvalue weighted by molar-refractivity contribution is -0.136. The Morgan fingerprint density at radius 1 is 1.40 bits per heavy atom. The zero-order chi connectivity index (χ0) is 14.5. The maximum absolute atomic E-state index is 12.2. The SMILES string of the molecule is CC(NC(=O)Cn1cc(N)cn1)C(=O)N1CCCCC1. The molecular formula is C13H21N5O2. The number of nitrogens with one attached hydrogen (secondary N) is 1. The number of nitrogens with two attached hydrogens (primary N) is 1. The van der Waals surface area contributed by atoms with Gasteiger partial charge in [-0.25, -0.2) is 0 Å². The number of carbonyl (C=O) groups excluding carboxylic acids is 2. The average Bonchev–Trinajstić information content (AvgIpc) is 2.84. The molecule has 7 heteroatoms. The number of hydrogen-bond donors (Lipinski definition) is 2. The van der Waals surface area contributed by atoms with Crippen LogP contribution in [-0.2, 0) is 16.1 Å². The van der Waals surface area contributed by atoms with Crippen LogP contribution in [0.4, 0.5) is 5.69 Å². The first-order valence-corrected chi connectivity index (χ1v) is 6.92. The minimum absolute atomic E-state index is 0.0157. The lowest BCUT2D eigenvalue weighted by Crippen LogP contribution is -2.49. The molecule has 0 bridgehead atoms.